The maximum absolute atomic E-state index is 13.5. The average Bonchev–Trinajstić information content (AvgIpc) is 4.26. The van der Waals surface area contributed by atoms with E-state index in [1.165, 1.54) is 53.9 Å². The predicted octanol–water partition coefficient (Wildman–Crippen LogP) is 3.37. The molecule has 0 unspecified atom stereocenters. The number of carbonyl (C=O) groups excluding carboxylic acids is 6. The normalized spacial score (nSPS) is 16.9. The van der Waals surface area contributed by atoms with E-state index < -0.39 is 62.4 Å². The Morgan fingerprint density at radius 1 is 0.653 bits per heavy atom. The molecule has 2 aromatic heterocycles. The molecule has 20 nitrogen and oxygen atoms in total. The molecule has 0 bridgehead atoms. The summed E-state index contributed by atoms with van der Waals surface area (Å²) < 4.78 is 55.5. The van der Waals surface area contributed by atoms with Crippen LogP contribution in [0.25, 0.3) is 0 Å². The fourth-order valence-corrected chi connectivity index (χ4v) is 14.4. The first-order chi connectivity index (χ1) is 33.7. The number of aryl methyl sites for hydroxylation is 2. The van der Waals surface area contributed by atoms with Crippen LogP contribution in [-0.4, -0.2) is 141 Å². The van der Waals surface area contributed by atoms with Crippen molar-refractivity contribution in [2.45, 2.75) is 98.3 Å². The van der Waals surface area contributed by atoms with Gasteiger partial charge in [-0.3, -0.25) is 38.1 Å². The maximum Gasteiger partial charge on any atom is 0.326 e. The van der Waals surface area contributed by atoms with Crippen LogP contribution in [0.2, 0.25) is 10.0 Å². The molecule has 24 heteroatoms. The molecule has 2 fully saturated rings. The molecular weight excluding hydrogens is 1010 g/mol. The van der Waals surface area contributed by atoms with Gasteiger partial charge >= 0.3 is 5.97 Å². The van der Waals surface area contributed by atoms with Crippen LogP contribution in [0, 0.1) is 0 Å². The largest absolute Gasteiger partial charge is 0.468 e. The summed E-state index contributed by atoms with van der Waals surface area (Å²) in [5.74, 6) is -2.97. The number of nitrogens with zero attached hydrogens (tertiary/aromatic N) is 6. The van der Waals surface area contributed by atoms with Gasteiger partial charge < -0.3 is 30.5 Å². The first-order valence-corrected chi connectivity index (χ1v) is 27.0. The molecule has 4 heterocycles. The summed E-state index contributed by atoms with van der Waals surface area (Å²) in [4.78, 5) is 80.1. The topological polar surface area (TPSA) is 258 Å². The molecule has 4 aromatic rings. The van der Waals surface area contributed by atoms with Gasteiger partial charge in [-0.25, -0.2) is 16.8 Å². The number of esters is 1. The average molecular weight is 1070 g/mol. The van der Waals surface area contributed by atoms with E-state index in [9.17, 15) is 45.6 Å². The highest BCUT2D eigenvalue weighted by molar-refractivity contribution is 7.95. The van der Waals surface area contributed by atoms with Crippen molar-refractivity contribution in [3.05, 3.63) is 104 Å². The minimum atomic E-state index is -3.96. The number of nitrogens with one attached hydrogen (secondary N) is 3. The van der Waals surface area contributed by atoms with E-state index in [2.05, 4.69) is 26.1 Å². The minimum Gasteiger partial charge on any atom is -0.468 e. The standard InChI is InChI=1S/C24H30ClN5O5S.C24H29ClN4O6S/c1-23(2,22(33)26-3)36(34,35)24(10-11-24)14-30-12-9-17-18(28-29(4)19(17)21(30)32)20(31)27-13-15-5-7-16(25)8-6-15;1-23(2,22(32)35-4)36(33,34)24(10-11-24)14-29-12-9-17-18(27-28(3)19(17)21(29)31)20(30)26-13-15-5-7-16(25)8-6-15/h5-8H,9-14H2,1-4H3,(H,26,33)(H,27,31);5-8H,9-14H2,1-4H3,(H,26,30). The maximum atomic E-state index is 13.5. The van der Waals surface area contributed by atoms with Crippen LogP contribution in [0.5, 0.6) is 0 Å². The fourth-order valence-electron chi connectivity index (χ4n) is 9.40. The van der Waals surface area contributed by atoms with Crippen molar-refractivity contribution in [3.8, 4) is 0 Å². The lowest BCUT2D eigenvalue weighted by Gasteiger charge is -2.34. The first kappa shape index (κ1) is 53.9. The summed E-state index contributed by atoms with van der Waals surface area (Å²) in [6, 6.07) is 14.2. The number of fused-ring (bicyclic) bond motifs is 2. The van der Waals surface area contributed by atoms with E-state index in [0.29, 0.717) is 59.7 Å². The predicted molar refractivity (Wildman–Crippen MR) is 267 cm³/mol. The number of benzene rings is 2. The van der Waals surface area contributed by atoms with Crippen molar-refractivity contribution < 1.29 is 50.3 Å². The fraction of sp³-hybridized carbons (Fsp3) is 0.500. The van der Waals surface area contributed by atoms with Crippen LogP contribution in [0.3, 0.4) is 0 Å². The van der Waals surface area contributed by atoms with Crippen LogP contribution in [0.1, 0.15) is 118 Å². The van der Waals surface area contributed by atoms with Crippen LogP contribution in [0.4, 0.5) is 0 Å². The summed E-state index contributed by atoms with van der Waals surface area (Å²) in [6.45, 7) is 6.48. The van der Waals surface area contributed by atoms with Gasteiger partial charge in [0, 0.05) is 81.6 Å². The van der Waals surface area contributed by atoms with E-state index >= 15 is 0 Å². The first-order valence-electron chi connectivity index (χ1n) is 23.2. The zero-order chi connectivity index (χ0) is 52.9. The Kier molecular flexibility index (Phi) is 14.9. The van der Waals surface area contributed by atoms with Crippen LogP contribution in [0.15, 0.2) is 48.5 Å². The molecule has 8 rings (SSSR count). The van der Waals surface area contributed by atoms with Crippen LogP contribution >= 0.6 is 23.2 Å². The van der Waals surface area contributed by atoms with Crippen molar-refractivity contribution in [2.24, 2.45) is 14.1 Å². The van der Waals surface area contributed by atoms with Gasteiger partial charge in [-0.15, -0.1) is 0 Å². The van der Waals surface area contributed by atoms with Gasteiger partial charge in [-0.2, -0.15) is 10.2 Å². The molecule has 2 saturated carbocycles. The van der Waals surface area contributed by atoms with Gasteiger partial charge in [0.05, 0.1) is 16.6 Å². The number of aromatic nitrogens is 4. The van der Waals surface area contributed by atoms with Gasteiger partial charge in [0.1, 0.15) is 16.1 Å². The molecule has 2 aromatic carbocycles. The summed E-state index contributed by atoms with van der Waals surface area (Å²) in [5, 5.41) is 17.9. The Labute approximate surface area is 428 Å². The Morgan fingerprint density at radius 2 is 1.01 bits per heavy atom. The van der Waals surface area contributed by atoms with Crippen molar-refractivity contribution in [2.75, 3.05) is 40.3 Å². The lowest BCUT2D eigenvalue weighted by molar-refractivity contribution is -0.142. The number of halogens is 2. The summed E-state index contributed by atoms with van der Waals surface area (Å²) >= 11 is 11.8. The van der Waals surface area contributed by atoms with E-state index in [1.54, 1.807) is 50.5 Å². The van der Waals surface area contributed by atoms with Crippen molar-refractivity contribution >= 4 is 78.4 Å². The number of hydrogen-bond acceptors (Lipinski definition) is 13. The Hall–Kier alpha value is -5.84. The highest BCUT2D eigenvalue weighted by atomic mass is 35.5. The number of ether oxygens (including phenoxy) is 1. The summed E-state index contributed by atoms with van der Waals surface area (Å²) in [5.41, 5.74) is 3.72. The lowest BCUT2D eigenvalue weighted by Crippen LogP contribution is -2.55. The zero-order valence-electron chi connectivity index (χ0n) is 41.4. The number of amides is 5. The second-order valence-electron chi connectivity index (χ2n) is 19.6. The molecule has 388 valence electrons. The molecule has 3 N–H and O–H groups in total. The number of rotatable bonds is 16. The molecule has 4 aliphatic rings. The lowest BCUT2D eigenvalue weighted by atomic mass is 10.0. The van der Waals surface area contributed by atoms with E-state index in [4.69, 9.17) is 27.9 Å². The number of methoxy groups -OCH3 is 1. The van der Waals surface area contributed by atoms with Crippen molar-refractivity contribution in [1.82, 2.24) is 45.3 Å². The third kappa shape index (κ3) is 9.73. The molecule has 72 heavy (non-hydrogen) atoms. The van der Waals surface area contributed by atoms with Crippen LogP contribution < -0.4 is 16.0 Å². The summed E-state index contributed by atoms with van der Waals surface area (Å²) in [6.07, 6.45) is 2.21. The van der Waals surface area contributed by atoms with E-state index in [0.717, 1.165) is 18.2 Å². The highest BCUT2D eigenvalue weighted by Crippen LogP contribution is 2.50. The third-order valence-corrected chi connectivity index (χ3v) is 21.1. The van der Waals surface area contributed by atoms with Gasteiger partial charge in [-0.1, -0.05) is 47.5 Å². The Balaban J connectivity index is 0.000000211. The van der Waals surface area contributed by atoms with E-state index in [1.807, 2.05) is 12.1 Å². The van der Waals surface area contributed by atoms with Crippen LogP contribution in [-0.2, 0) is 74.0 Å². The Bertz CT molecular complexity index is 2860. The molecule has 2 aliphatic heterocycles. The van der Waals surface area contributed by atoms with Gasteiger partial charge in [0.2, 0.25) is 5.91 Å². The number of carbonyl (C=O) groups is 6. The molecule has 0 spiro atoms. The van der Waals surface area contributed by atoms with Gasteiger partial charge in [0.15, 0.2) is 35.8 Å². The molecule has 0 saturated heterocycles. The molecule has 0 radical (unpaired) electrons. The quantitative estimate of drug-likeness (QED) is 0.136. The monoisotopic (exact) mass is 1070 g/mol. The van der Waals surface area contributed by atoms with Gasteiger partial charge in [0.25, 0.3) is 23.6 Å². The smallest absolute Gasteiger partial charge is 0.326 e. The minimum absolute atomic E-state index is 0.00267. The molecule has 0 atom stereocenters. The van der Waals surface area contributed by atoms with Crippen molar-refractivity contribution in [3.63, 3.8) is 0 Å². The number of sulfone groups is 2. The second-order valence-corrected chi connectivity index (χ2v) is 26.3. The van der Waals surface area contributed by atoms with Gasteiger partial charge in [-0.05, 0) is 102 Å². The Morgan fingerprint density at radius 3 is 1.35 bits per heavy atom. The third-order valence-electron chi connectivity index (χ3n) is 14.2. The second kappa shape index (κ2) is 19.9. The summed E-state index contributed by atoms with van der Waals surface area (Å²) in [7, 11) is -2.12. The van der Waals surface area contributed by atoms with Crippen molar-refractivity contribution in [1.29, 1.82) is 0 Å². The zero-order valence-corrected chi connectivity index (χ0v) is 44.5. The van der Waals surface area contributed by atoms with E-state index in [-0.39, 0.29) is 73.9 Å². The molecule has 2 aliphatic carbocycles. The SMILES string of the molecule is CNC(=O)C(C)(C)S(=O)(=O)C1(CN2CCc3c(C(=O)NCc4ccc(Cl)cc4)nn(C)c3C2=O)CC1.COC(=O)C(C)(C)S(=O)(=O)C1(CN2CCc3c(C(=O)NCc4ccc(Cl)cc4)nn(C)c3C2=O)CC1. The highest BCUT2D eigenvalue weighted by Gasteiger charge is 2.64. The molecular formula is C48H59Cl2N9O11S2. The molecule has 5 amide bonds. The number of hydrogen-bond donors (Lipinski definition) is 3.